The van der Waals surface area contributed by atoms with E-state index in [9.17, 15) is 0 Å². The molecule has 86 valence electrons. The summed E-state index contributed by atoms with van der Waals surface area (Å²) < 4.78 is 4.04. The molecule has 2 heterocycles. The van der Waals surface area contributed by atoms with Gasteiger partial charge in [-0.1, -0.05) is 0 Å². The second kappa shape index (κ2) is 4.99. The third-order valence-electron chi connectivity index (χ3n) is 2.66. The highest BCUT2D eigenvalue weighted by atomic mass is 15.2. The predicted molar refractivity (Wildman–Crippen MR) is 64.1 cm³/mol. The summed E-state index contributed by atoms with van der Waals surface area (Å²) in [4.78, 5) is 0. The predicted octanol–water partition coefficient (Wildman–Crippen LogP) is 0.965. The van der Waals surface area contributed by atoms with Gasteiger partial charge < -0.3 is 10.3 Å². The summed E-state index contributed by atoms with van der Waals surface area (Å²) in [7, 11) is 1.94. The second-order valence-electron chi connectivity index (χ2n) is 4.07. The molecule has 0 aliphatic carbocycles. The topological polar surface area (TPSA) is 48.8 Å². The van der Waals surface area contributed by atoms with Gasteiger partial charge in [-0.3, -0.25) is 4.68 Å². The summed E-state index contributed by atoms with van der Waals surface area (Å²) in [6.07, 6.45) is 10.2. The Balaban J connectivity index is 1.89. The lowest BCUT2D eigenvalue weighted by Crippen LogP contribution is -2.02. The molecule has 0 atom stereocenters. The summed E-state index contributed by atoms with van der Waals surface area (Å²) in [6, 6.07) is 2.14. The Labute approximate surface area is 95.7 Å². The Morgan fingerprint density at radius 2 is 2.12 bits per heavy atom. The van der Waals surface area contributed by atoms with Gasteiger partial charge in [-0.2, -0.15) is 5.10 Å². The summed E-state index contributed by atoms with van der Waals surface area (Å²) in [5.74, 6) is 0. The Kier molecular flexibility index (Phi) is 3.41. The van der Waals surface area contributed by atoms with Crippen molar-refractivity contribution >= 4 is 0 Å². The van der Waals surface area contributed by atoms with E-state index in [0.29, 0.717) is 6.54 Å². The molecule has 2 N–H and O–H groups in total. The molecule has 0 unspecified atom stereocenters. The van der Waals surface area contributed by atoms with E-state index in [2.05, 4.69) is 34.3 Å². The van der Waals surface area contributed by atoms with Crippen molar-refractivity contribution in [2.45, 2.75) is 19.4 Å². The van der Waals surface area contributed by atoms with E-state index in [0.717, 1.165) is 19.4 Å². The van der Waals surface area contributed by atoms with Gasteiger partial charge in [0.15, 0.2) is 0 Å². The molecular formula is C12H18N4. The highest BCUT2D eigenvalue weighted by molar-refractivity contribution is 5.11. The van der Waals surface area contributed by atoms with E-state index in [1.165, 1.54) is 11.1 Å². The SMILES string of the molecule is Cn1cc(CCn2ccc(CCN)c2)cn1. The summed E-state index contributed by atoms with van der Waals surface area (Å²) in [5.41, 5.74) is 8.11. The van der Waals surface area contributed by atoms with Crippen LogP contribution in [-0.4, -0.2) is 20.9 Å². The molecule has 0 saturated carbocycles. The first kappa shape index (κ1) is 11.0. The zero-order valence-corrected chi connectivity index (χ0v) is 9.63. The maximum absolute atomic E-state index is 5.52. The van der Waals surface area contributed by atoms with Crippen LogP contribution in [0.5, 0.6) is 0 Å². The molecule has 0 bridgehead atoms. The van der Waals surface area contributed by atoms with Crippen LogP contribution in [0.25, 0.3) is 0 Å². The maximum Gasteiger partial charge on any atom is 0.0522 e. The normalized spacial score (nSPS) is 10.9. The Bertz CT molecular complexity index is 441. The summed E-state index contributed by atoms with van der Waals surface area (Å²) >= 11 is 0. The van der Waals surface area contributed by atoms with Gasteiger partial charge in [0, 0.05) is 32.2 Å². The van der Waals surface area contributed by atoms with Crippen molar-refractivity contribution in [2.75, 3.05) is 6.54 Å². The smallest absolute Gasteiger partial charge is 0.0522 e. The van der Waals surface area contributed by atoms with Crippen LogP contribution >= 0.6 is 0 Å². The first-order valence-corrected chi connectivity index (χ1v) is 5.60. The molecule has 2 aromatic rings. The van der Waals surface area contributed by atoms with Crippen molar-refractivity contribution < 1.29 is 0 Å². The van der Waals surface area contributed by atoms with Crippen molar-refractivity contribution in [2.24, 2.45) is 12.8 Å². The highest BCUT2D eigenvalue weighted by Crippen LogP contribution is 2.04. The van der Waals surface area contributed by atoms with Gasteiger partial charge in [0.25, 0.3) is 0 Å². The highest BCUT2D eigenvalue weighted by Gasteiger charge is 1.99. The number of nitrogens with zero attached hydrogens (tertiary/aromatic N) is 3. The molecule has 2 rings (SSSR count). The quantitative estimate of drug-likeness (QED) is 0.812. The minimum Gasteiger partial charge on any atom is -0.354 e. The summed E-state index contributed by atoms with van der Waals surface area (Å²) in [5, 5.41) is 4.15. The Hall–Kier alpha value is -1.55. The van der Waals surface area contributed by atoms with E-state index in [4.69, 9.17) is 5.73 Å². The van der Waals surface area contributed by atoms with Crippen LogP contribution in [0.15, 0.2) is 30.9 Å². The minimum atomic E-state index is 0.715. The van der Waals surface area contributed by atoms with E-state index >= 15 is 0 Å². The fraction of sp³-hybridized carbons (Fsp3) is 0.417. The number of nitrogens with two attached hydrogens (primary N) is 1. The first-order chi connectivity index (χ1) is 7.78. The van der Waals surface area contributed by atoms with Gasteiger partial charge in [-0.05, 0) is 36.6 Å². The van der Waals surface area contributed by atoms with Crippen molar-refractivity contribution in [3.63, 3.8) is 0 Å². The average molecular weight is 218 g/mol. The van der Waals surface area contributed by atoms with Gasteiger partial charge in [0.1, 0.15) is 0 Å². The van der Waals surface area contributed by atoms with Gasteiger partial charge >= 0.3 is 0 Å². The van der Waals surface area contributed by atoms with Gasteiger partial charge in [-0.15, -0.1) is 0 Å². The van der Waals surface area contributed by atoms with Gasteiger partial charge in [0.05, 0.1) is 6.20 Å². The number of rotatable bonds is 5. The number of aromatic nitrogens is 3. The maximum atomic E-state index is 5.52. The zero-order chi connectivity index (χ0) is 11.4. The lowest BCUT2D eigenvalue weighted by molar-refractivity contribution is 0.697. The number of hydrogen-bond acceptors (Lipinski definition) is 2. The molecular weight excluding hydrogens is 200 g/mol. The van der Waals surface area contributed by atoms with Gasteiger partial charge in [0.2, 0.25) is 0 Å². The van der Waals surface area contributed by atoms with Crippen molar-refractivity contribution in [1.82, 2.24) is 14.3 Å². The van der Waals surface area contributed by atoms with Crippen LogP contribution < -0.4 is 5.73 Å². The van der Waals surface area contributed by atoms with Gasteiger partial charge in [-0.25, -0.2) is 0 Å². The zero-order valence-electron chi connectivity index (χ0n) is 9.63. The number of aryl methyl sites for hydroxylation is 3. The number of hydrogen-bond donors (Lipinski definition) is 1. The van der Waals surface area contributed by atoms with Crippen LogP contribution in [0, 0.1) is 0 Å². The lowest BCUT2D eigenvalue weighted by atomic mass is 10.2. The molecule has 0 radical (unpaired) electrons. The molecule has 4 nitrogen and oxygen atoms in total. The van der Waals surface area contributed by atoms with E-state index in [1.54, 1.807) is 0 Å². The monoisotopic (exact) mass is 218 g/mol. The standard InChI is InChI=1S/C12H18N4/c1-15-9-12(8-14-15)4-7-16-6-3-11(10-16)2-5-13/h3,6,8-10H,2,4-5,7,13H2,1H3. The molecule has 0 amide bonds. The lowest BCUT2D eigenvalue weighted by Gasteiger charge is -2.00. The molecule has 0 aromatic carbocycles. The molecule has 0 aliphatic heterocycles. The third-order valence-corrected chi connectivity index (χ3v) is 2.66. The van der Waals surface area contributed by atoms with E-state index in [-0.39, 0.29) is 0 Å². The fourth-order valence-corrected chi connectivity index (χ4v) is 1.80. The van der Waals surface area contributed by atoms with Crippen LogP contribution in [0.3, 0.4) is 0 Å². The molecule has 0 aliphatic rings. The summed E-state index contributed by atoms with van der Waals surface area (Å²) in [6.45, 7) is 1.71. The fourth-order valence-electron chi connectivity index (χ4n) is 1.80. The van der Waals surface area contributed by atoms with Crippen molar-refractivity contribution in [3.05, 3.63) is 42.0 Å². The van der Waals surface area contributed by atoms with E-state index in [1.807, 2.05) is 17.9 Å². The molecule has 2 aromatic heterocycles. The van der Waals surface area contributed by atoms with Crippen molar-refractivity contribution in [3.8, 4) is 0 Å². The molecule has 0 saturated heterocycles. The van der Waals surface area contributed by atoms with Crippen LogP contribution in [0.1, 0.15) is 11.1 Å². The first-order valence-electron chi connectivity index (χ1n) is 5.60. The molecule has 4 heteroatoms. The average Bonchev–Trinajstić information content (AvgIpc) is 2.85. The Morgan fingerprint density at radius 1 is 1.25 bits per heavy atom. The van der Waals surface area contributed by atoms with Crippen LogP contribution in [-0.2, 0) is 26.4 Å². The molecule has 0 fully saturated rings. The van der Waals surface area contributed by atoms with Crippen LogP contribution in [0.4, 0.5) is 0 Å². The minimum absolute atomic E-state index is 0.715. The Morgan fingerprint density at radius 3 is 2.81 bits per heavy atom. The van der Waals surface area contributed by atoms with Crippen molar-refractivity contribution in [1.29, 1.82) is 0 Å². The van der Waals surface area contributed by atoms with E-state index < -0.39 is 0 Å². The molecule has 16 heavy (non-hydrogen) atoms. The largest absolute Gasteiger partial charge is 0.354 e. The molecule has 0 spiro atoms. The second-order valence-corrected chi connectivity index (χ2v) is 4.07. The third kappa shape index (κ3) is 2.73. The van der Waals surface area contributed by atoms with Crippen LogP contribution in [0.2, 0.25) is 0 Å².